The molecule has 3 nitrogen and oxygen atoms in total. The van der Waals surface area contributed by atoms with Gasteiger partial charge in [0, 0.05) is 11.8 Å². The topological polar surface area (TPSA) is 46.5 Å². The van der Waals surface area contributed by atoms with Crippen molar-refractivity contribution in [2.24, 2.45) is 5.92 Å². The first-order valence-electron chi connectivity index (χ1n) is 6.41. The molecule has 1 saturated heterocycles. The van der Waals surface area contributed by atoms with Crippen molar-refractivity contribution in [3.05, 3.63) is 35.4 Å². The quantitative estimate of drug-likeness (QED) is 0.847. The molecule has 2 rings (SSSR count). The summed E-state index contributed by atoms with van der Waals surface area (Å²) in [4.78, 5) is 11.2. The molecule has 3 unspecified atom stereocenters. The number of rotatable bonds is 2. The molecule has 0 bridgehead atoms. The smallest absolute Gasteiger partial charge is 0.417 e. The van der Waals surface area contributed by atoms with E-state index in [0.29, 0.717) is 6.07 Å². The Hall–Kier alpha value is -1.70. The van der Waals surface area contributed by atoms with Crippen LogP contribution in [0.15, 0.2) is 18.2 Å². The highest BCUT2D eigenvalue weighted by Crippen LogP contribution is 2.53. The summed E-state index contributed by atoms with van der Waals surface area (Å²) in [5.41, 5.74) is -2.74. The van der Waals surface area contributed by atoms with Gasteiger partial charge in [0.2, 0.25) is 0 Å². The second kappa shape index (κ2) is 5.19. The molecule has 1 aromatic rings. The minimum Gasteiger partial charge on any atom is -0.479 e. The van der Waals surface area contributed by atoms with Crippen LogP contribution in [0.5, 0.6) is 0 Å². The molecule has 122 valence electrons. The Kier molecular flexibility index (Phi) is 3.93. The molecule has 0 aliphatic carbocycles. The van der Waals surface area contributed by atoms with E-state index in [1.165, 1.54) is 6.92 Å². The normalized spacial score (nSPS) is 32.2. The van der Waals surface area contributed by atoms with Crippen LogP contribution in [0.2, 0.25) is 0 Å². The SMILES string of the molecule is CC1C(c2ccc(F)c(F)c2)[C@H](C(=O)O)OC1(C)C(F)(F)F. The Bertz CT molecular complexity index is 601. The van der Waals surface area contributed by atoms with Crippen LogP contribution in [0.1, 0.15) is 25.3 Å². The van der Waals surface area contributed by atoms with Gasteiger partial charge in [-0.3, -0.25) is 0 Å². The van der Waals surface area contributed by atoms with E-state index >= 15 is 0 Å². The maximum absolute atomic E-state index is 13.3. The summed E-state index contributed by atoms with van der Waals surface area (Å²) in [7, 11) is 0. The van der Waals surface area contributed by atoms with Crippen LogP contribution in [-0.4, -0.2) is 29.0 Å². The fourth-order valence-electron chi connectivity index (χ4n) is 2.76. The van der Waals surface area contributed by atoms with E-state index in [2.05, 4.69) is 0 Å². The number of hydrogen-bond acceptors (Lipinski definition) is 2. The summed E-state index contributed by atoms with van der Waals surface area (Å²) < 4.78 is 70.7. The molecule has 0 radical (unpaired) electrons. The Morgan fingerprint density at radius 3 is 2.32 bits per heavy atom. The van der Waals surface area contributed by atoms with Gasteiger partial charge in [-0.1, -0.05) is 13.0 Å². The van der Waals surface area contributed by atoms with Crippen LogP contribution in [0.3, 0.4) is 0 Å². The van der Waals surface area contributed by atoms with E-state index in [0.717, 1.165) is 19.1 Å². The summed E-state index contributed by atoms with van der Waals surface area (Å²) in [6.07, 6.45) is -6.60. The maximum Gasteiger partial charge on any atom is 0.417 e. The van der Waals surface area contributed by atoms with E-state index in [1.54, 1.807) is 0 Å². The Morgan fingerprint density at radius 2 is 1.86 bits per heavy atom. The molecular formula is C14H13F5O3. The molecule has 1 aliphatic heterocycles. The summed E-state index contributed by atoms with van der Waals surface area (Å²) >= 11 is 0. The second-order valence-corrected chi connectivity index (χ2v) is 5.47. The average Bonchev–Trinajstić information content (AvgIpc) is 2.67. The second-order valence-electron chi connectivity index (χ2n) is 5.47. The fourth-order valence-corrected chi connectivity index (χ4v) is 2.76. The van der Waals surface area contributed by atoms with Gasteiger partial charge >= 0.3 is 12.1 Å². The first-order chi connectivity index (χ1) is 9.99. The van der Waals surface area contributed by atoms with Gasteiger partial charge in [-0.15, -0.1) is 0 Å². The number of hydrogen-bond donors (Lipinski definition) is 1. The van der Waals surface area contributed by atoms with Crippen LogP contribution >= 0.6 is 0 Å². The van der Waals surface area contributed by atoms with Crippen LogP contribution in [0.4, 0.5) is 22.0 Å². The summed E-state index contributed by atoms with van der Waals surface area (Å²) in [6.45, 7) is 1.94. The molecule has 0 spiro atoms. The Morgan fingerprint density at radius 1 is 1.27 bits per heavy atom. The molecule has 4 atom stereocenters. The Balaban J connectivity index is 2.52. The zero-order chi connectivity index (χ0) is 16.9. The number of carboxylic acid groups (broad SMARTS) is 1. The van der Waals surface area contributed by atoms with Gasteiger partial charge in [-0.25, -0.2) is 13.6 Å². The van der Waals surface area contributed by atoms with Crippen molar-refractivity contribution in [3.63, 3.8) is 0 Å². The van der Waals surface area contributed by atoms with Gasteiger partial charge < -0.3 is 9.84 Å². The number of carbonyl (C=O) groups is 1. The number of carboxylic acids is 1. The van der Waals surface area contributed by atoms with Crippen molar-refractivity contribution in [2.75, 3.05) is 0 Å². The molecule has 1 aromatic carbocycles. The van der Waals surface area contributed by atoms with E-state index in [-0.39, 0.29) is 5.56 Å². The molecule has 1 fully saturated rings. The van der Waals surface area contributed by atoms with Crippen LogP contribution in [0, 0.1) is 17.6 Å². The number of alkyl halides is 3. The van der Waals surface area contributed by atoms with Crippen LogP contribution < -0.4 is 0 Å². The predicted molar refractivity (Wildman–Crippen MR) is 65.2 cm³/mol. The highest BCUT2D eigenvalue weighted by Gasteiger charge is 2.65. The molecule has 0 saturated carbocycles. The lowest BCUT2D eigenvalue weighted by Gasteiger charge is -2.31. The number of halogens is 5. The molecule has 0 aromatic heterocycles. The third-order valence-corrected chi connectivity index (χ3v) is 4.24. The largest absolute Gasteiger partial charge is 0.479 e. The first-order valence-corrected chi connectivity index (χ1v) is 6.41. The summed E-state index contributed by atoms with van der Waals surface area (Å²) in [6, 6.07) is 2.53. The lowest BCUT2D eigenvalue weighted by molar-refractivity contribution is -0.273. The molecule has 1 aliphatic rings. The standard InChI is InChI=1S/C14H13F5O3/c1-6-10(7-3-4-8(15)9(16)5-7)11(12(20)21)22-13(6,2)14(17,18)19/h3-6,10-11H,1-2H3,(H,20,21)/t6?,10?,11-,13?/m1/s1. The maximum atomic E-state index is 13.3. The molecule has 8 heteroatoms. The van der Waals surface area contributed by atoms with Gasteiger partial charge in [0.15, 0.2) is 23.3 Å². The zero-order valence-electron chi connectivity index (χ0n) is 11.6. The third-order valence-electron chi connectivity index (χ3n) is 4.24. The van der Waals surface area contributed by atoms with Crippen molar-refractivity contribution < 1.29 is 36.6 Å². The summed E-state index contributed by atoms with van der Waals surface area (Å²) in [5.74, 6) is -6.55. The van der Waals surface area contributed by atoms with Crippen molar-refractivity contribution in [1.29, 1.82) is 0 Å². The van der Waals surface area contributed by atoms with Gasteiger partial charge in [-0.05, 0) is 24.6 Å². The lowest BCUT2D eigenvalue weighted by Crippen LogP contribution is -2.47. The van der Waals surface area contributed by atoms with Crippen molar-refractivity contribution >= 4 is 5.97 Å². The number of ether oxygens (including phenoxy) is 1. The first kappa shape index (κ1) is 16.7. The number of benzene rings is 1. The van der Waals surface area contributed by atoms with Gasteiger partial charge in [0.05, 0.1) is 0 Å². The molecule has 22 heavy (non-hydrogen) atoms. The van der Waals surface area contributed by atoms with E-state index in [1.807, 2.05) is 0 Å². The third kappa shape index (κ3) is 2.45. The van der Waals surface area contributed by atoms with Crippen molar-refractivity contribution in [3.8, 4) is 0 Å². The van der Waals surface area contributed by atoms with E-state index in [4.69, 9.17) is 9.84 Å². The highest BCUT2D eigenvalue weighted by atomic mass is 19.4. The van der Waals surface area contributed by atoms with Gasteiger partial charge in [0.1, 0.15) is 0 Å². The average molecular weight is 324 g/mol. The van der Waals surface area contributed by atoms with Gasteiger partial charge in [0.25, 0.3) is 0 Å². The molecule has 1 N–H and O–H groups in total. The minimum absolute atomic E-state index is 0.0493. The monoisotopic (exact) mass is 324 g/mol. The zero-order valence-corrected chi connectivity index (χ0v) is 11.6. The lowest BCUT2D eigenvalue weighted by atomic mass is 9.77. The Labute approximate surface area is 122 Å². The van der Waals surface area contributed by atoms with Gasteiger partial charge in [-0.2, -0.15) is 13.2 Å². The van der Waals surface area contributed by atoms with E-state index < -0.39 is 47.3 Å². The summed E-state index contributed by atoms with van der Waals surface area (Å²) in [5, 5.41) is 9.12. The van der Waals surface area contributed by atoms with Crippen molar-refractivity contribution in [1.82, 2.24) is 0 Å². The molecule has 0 amide bonds. The van der Waals surface area contributed by atoms with E-state index in [9.17, 15) is 26.7 Å². The number of aliphatic carboxylic acids is 1. The minimum atomic E-state index is -4.80. The van der Waals surface area contributed by atoms with Crippen LogP contribution in [-0.2, 0) is 9.53 Å². The predicted octanol–water partition coefficient (Wildman–Crippen LogP) is 3.49. The van der Waals surface area contributed by atoms with Crippen molar-refractivity contribution in [2.45, 2.75) is 37.6 Å². The molecular weight excluding hydrogens is 311 g/mol. The molecule has 1 heterocycles. The highest BCUT2D eigenvalue weighted by molar-refractivity contribution is 5.74. The fraction of sp³-hybridized carbons (Fsp3) is 0.500. The van der Waals surface area contributed by atoms with Crippen LogP contribution in [0.25, 0.3) is 0 Å².